The molecule has 0 heterocycles. The molecule has 1 aromatic carbocycles. The Morgan fingerprint density at radius 1 is 1.32 bits per heavy atom. The number of ether oxygens (including phenoxy) is 1. The monoisotopic (exact) mass is 265 g/mol. The Hall–Kier alpha value is -1.75. The number of carbonyl (C=O) groups is 1. The van der Waals surface area contributed by atoms with Crippen LogP contribution in [-0.2, 0) is 9.53 Å². The molecule has 0 N–H and O–H groups in total. The molecule has 1 aromatic rings. The summed E-state index contributed by atoms with van der Waals surface area (Å²) in [7, 11) is 0. The van der Waals surface area contributed by atoms with Crippen LogP contribution in [0.15, 0.2) is 24.3 Å². The highest BCUT2D eigenvalue weighted by Gasteiger charge is 2.22. The highest BCUT2D eigenvalue weighted by molar-refractivity contribution is 5.76. The van der Waals surface area contributed by atoms with Crippen LogP contribution in [0.5, 0.6) is 0 Å². The molecule has 0 saturated carbocycles. The summed E-state index contributed by atoms with van der Waals surface area (Å²) in [5, 5.41) is 10.6. The molecule has 5 nitrogen and oxygen atoms in total. The third kappa shape index (κ3) is 5.18. The first-order valence-corrected chi connectivity index (χ1v) is 6.10. The first-order chi connectivity index (χ1) is 8.69. The Balaban J connectivity index is 2.96. The fourth-order valence-corrected chi connectivity index (χ4v) is 1.73. The van der Waals surface area contributed by atoms with Crippen LogP contribution in [-0.4, -0.2) is 16.3 Å². The van der Waals surface area contributed by atoms with Crippen molar-refractivity contribution in [2.75, 3.05) is 0 Å². The van der Waals surface area contributed by atoms with Gasteiger partial charge < -0.3 is 4.74 Å². The van der Waals surface area contributed by atoms with E-state index in [2.05, 4.69) is 0 Å². The molecule has 0 radical (unpaired) electrons. The third-order valence-electron chi connectivity index (χ3n) is 2.44. The summed E-state index contributed by atoms with van der Waals surface area (Å²) in [6.07, 6.45) is -0.118. The molecule has 104 valence electrons. The Labute approximate surface area is 112 Å². The Morgan fingerprint density at radius 3 is 2.21 bits per heavy atom. The lowest BCUT2D eigenvalue weighted by Gasteiger charge is -2.27. The molecule has 1 atom stereocenters. The molecule has 0 spiro atoms. The zero-order valence-electron chi connectivity index (χ0n) is 11.7. The molecule has 0 bridgehead atoms. The van der Waals surface area contributed by atoms with E-state index in [9.17, 15) is 14.9 Å². The SMILES string of the molecule is CC(=O)C[C@H](OC(C)(C)C)c1ccc([N+](=O)[O-])cc1. The minimum atomic E-state index is -0.450. The van der Waals surface area contributed by atoms with Gasteiger partial charge >= 0.3 is 0 Å². The van der Waals surface area contributed by atoms with Gasteiger partial charge in [-0.05, 0) is 45.4 Å². The highest BCUT2D eigenvalue weighted by Crippen LogP contribution is 2.28. The number of non-ortho nitro benzene ring substituents is 1. The van der Waals surface area contributed by atoms with Crippen molar-refractivity contribution in [3.63, 3.8) is 0 Å². The first-order valence-electron chi connectivity index (χ1n) is 6.10. The predicted octanol–water partition coefficient (Wildman–Crippen LogP) is 3.43. The third-order valence-corrected chi connectivity index (χ3v) is 2.44. The number of hydrogen-bond donors (Lipinski definition) is 0. The molecule has 0 unspecified atom stereocenters. The number of ketones is 1. The van der Waals surface area contributed by atoms with Crippen molar-refractivity contribution in [1.82, 2.24) is 0 Å². The molecule has 0 aliphatic carbocycles. The van der Waals surface area contributed by atoms with Crippen LogP contribution >= 0.6 is 0 Å². The summed E-state index contributed by atoms with van der Waals surface area (Å²) in [6.45, 7) is 7.23. The van der Waals surface area contributed by atoms with Crippen molar-refractivity contribution >= 4 is 11.5 Å². The summed E-state index contributed by atoms with van der Waals surface area (Å²) in [6, 6.07) is 6.12. The van der Waals surface area contributed by atoms with Gasteiger partial charge in [0.25, 0.3) is 5.69 Å². The van der Waals surface area contributed by atoms with Gasteiger partial charge in [0.15, 0.2) is 0 Å². The van der Waals surface area contributed by atoms with E-state index in [4.69, 9.17) is 4.74 Å². The molecule has 1 rings (SSSR count). The van der Waals surface area contributed by atoms with Gasteiger partial charge in [-0.3, -0.25) is 14.9 Å². The Morgan fingerprint density at radius 2 is 1.84 bits per heavy atom. The van der Waals surface area contributed by atoms with Gasteiger partial charge in [0.05, 0.1) is 16.6 Å². The number of benzene rings is 1. The first kappa shape index (κ1) is 15.3. The molecule has 0 saturated heterocycles. The number of Topliss-reactive ketones (excluding diaryl/α,β-unsaturated/α-hetero) is 1. The van der Waals surface area contributed by atoms with E-state index in [1.807, 2.05) is 20.8 Å². The number of carbonyl (C=O) groups excluding carboxylic acids is 1. The number of rotatable bonds is 5. The maximum absolute atomic E-state index is 11.3. The Bertz CT molecular complexity index is 459. The van der Waals surface area contributed by atoms with E-state index in [1.54, 1.807) is 12.1 Å². The van der Waals surface area contributed by atoms with Gasteiger partial charge in [0.2, 0.25) is 0 Å². The lowest BCUT2D eigenvalue weighted by molar-refractivity contribution is -0.384. The van der Waals surface area contributed by atoms with Gasteiger partial charge in [0, 0.05) is 18.6 Å². The average Bonchev–Trinajstić information content (AvgIpc) is 2.25. The van der Waals surface area contributed by atoms with Gasteiger partial charge in [-0.1, -0.05) is 0 Å². The normalized spacial score (nSPS) is 13.1. The zero-order valence-corrected chi connectivity index (χ0v) is 11.7. The molecule has 5 heteroatoms. The van der Waals surface area contributed by atoms with Crippen molar-refractivity contribution in [1.29, 1.82) is 0 Å². The molecule has 0 fully saturated rings. The van der Waals surface area contributed by atoms with Crippen molar-refractivity contribution in [2.24, 2.45) is 0 Å². The maximum Gasteiger partial charge on any atom is 0.269 e. The number of nitro groups is 1. The van der Waals surface area contributed by atoms with Crippen LogP contribution in [0.1, 0.15) is 45.8 Å². The molecule has 0 amide bonds. The van der Waals surface area contributed by atoms with Crippen LogP contribution < -0.4 is 0 Å². The molecular formula is C14H19NO4. The quantitative estimate of drug-likeness (QED) is 0.604. The average molecular weight is 265 g/mol. The molecule has 0 aromatic heterocycles. The number of nitro benzene ring substituents is 1. The van der Waals surface area contributed by atoms with Gasteiger partial charge in [-0.15, -0.1) is 0 Å². The van der Waals surface area contributed by atoms with Crippen LogP contribution in [0.2, 0.25) is 0 Å². The minimum absolute atomic E-state index is 0.0209. The van der Waals surface area contributed by atoms with E-state index in [0.717, 1.165) is 5.56 Å². The summed E-state index contributed by atoms with van der Waals surface area (Å²) in [5.74, 6) is 0.0209. The second-order valence-corrected chi connectivity index (χ2v) is 5.47. The molecular weight excluding hydrogens is 246 g/mol. The highest BCUT2D eigenvalue weighted by atomic mass is 16.6. The van der Waals surface area contributed by atoms with E-state index >= 15 is 0 Å². The van der Waals surface area contributed by atoms with Crippen LogP contribution in [0.25, 0.3) is 0 Å². The smallest absolute Gasteiger partial charge is 0.269 e. The predicted molar refractivity (Wildman–Crippen MR) is 72.0 cm³/mol. The van der Waals surface area contributed by atoms with Gasteiger partial charge in [-0.2, -0.15) is 0 Å². The van der Waals surface area contributed by atoms with E-state index < -0.39 is 4.92 Å². The van der Waals surface area contributed by atoms with E-state index in [-0.39, 0.29) is 29.6 Å². The second kappa shape index (κ2) is 5.93. The molecule has 19 heavy (non-hydrogen) atoms. The number of nitrogens with zero attached hydrogens (tertiary/aromatic N) is 1. The summed E-state index contributed by atoms with van der Waals surface area (Å²) < 4.78 is 5.84. The van der Waals surface area contributed by atoms with Gasteiger partial charge in [-0.25, -0.2) is 0 Å². The fraction of sp³-hybridized carbons (Fsp3) is 0.500. The van der Waals surface area contributed by atoms with Gasteiger partial charge in [0.1, 0.15) is 5.78 Å². The van der Waals surface area contributed by atoms with Crippen LogP contribution in [0, 0.1) is 10.1 Å². The van der Waals surface area contributed by atoms with Crippen LogP contribution in [0.4, 0.5) is 5.69 Å². The zero-order chi connectivity index (χ0) is 14.6. The van der Waals surface area contributed by atoms with Crippen LogP contribution in [0.3, 0.4) is 0 Å². The lowest BCUT2D eigenvalue weighted by atomic mass is 10.0. The van der Waals surface area contributed by atoms with Crippen molar-refractivity contribution < 1.29 is 14.5 Å². The molecule has 0 aliphatic rings. The summed E-state index contributed by atoms with van der Waals surface area (Å²) in [4.78, 5) is 21.5. The summed E-state index contributed by atoms with van der Waals surface area (Å²) >= 11 is 0. The van der Waals surface area contributed by atoms with Crippen molar-refractivity contribution in [3.8, 4) is 0 Å². The Kier molecular flexibility index (Phi) is 4.78. The van der Waals surface area contributed by atoms with Crippen molar-refractivity contribution in [2.45, 2.75) is 45.8 Å². The lowest BCUT2D eigenvalue weighted by Crippen LogP contribution is -2.23. The fourth-order valence-electron chi connectivity index (χ4n) is 1.73. The maximum atomic E-state index is 11.3. The van der Waals surface area contributed by atoms with E-state index in [1.165, 1.54) is 19.1 Å². The minimum Gasteiger partial charge on any atom is -0.367 e. The molecule has 0 aliphatic heterocycles. The topological polar surface area (TPSA) is 69.4 Å². The summed E-state index contributed by atoms with van der Waals surface area (Å²) in [5.41, 5.74) is 0.416. The number of hydrogen-bond acceptors (Lipinski definition) is 4. The largest absolute Gasteiger partial charge is 0.367 e. The second-order valence-electron chi connectivity index (χ2n) is 5.47. The standard InChI is InChI=1S/C14H19NO4/c1-10(16)9-13(19-14(2,3)4)11-5-7-12(8-6-11)15(17)18/h5-8,13H,9H2,1-4H3/t13-/m0/s1. The van der Waals surface area contributed by atoms with Crippen molar-refractivity contribution in [3.05, 3.63) is 39.9 Å². The van der Waals surface area contributed by atoms with E-state index in [0.29, 0.717) is 0 Å².